The Kier molecular flexibility index (Phi) is 1.99. The molecular weight excluding hydrogens is 150 g/mol. The first-order valence-corrected chi connectivity index (χ1v) is 3.86. The molecule has 0 aromatic heterocycles. The van der Waals surface area contributed by atoms with Crippen LogP contribution < -0.4 is 0 Å². The first-order chi connectivity index (χ1) is 5.02. The van der Waals surface area contributed by atoms with Crippen LogP contribution in [0.3, 0.4) is 0 Å². The maximum Gasteiger partial charge on any atom is 0.257 e. The second kappa shape index (κ2) is 2.54. The van der Waals surface area contributed by atoms with Gasteiger partial charge in [-0.15, -0.1) is 0 Å². The molecule has 1 fully saturated rings. The highest BCUT2D eigenvalue weighted by Gasteiger charge is 2.51. The number of rotatable bonds is 2. The van der Waals surface area contributed by atoms with Crippen molar-refractivity contribution in [2.45, 2.75) is 38.5 Å². The molecule has 1 aliphatic rings. The summed E-state index contributed by atoms with van der Waals surface area (Å²) < 4.78 is 25.7. The average Bonchev–Trinajstić information content (AvgIpc) is 2.33. The lowest BCUT2D eigenvalue weighted by Crippen LogP contribution is -2.37. The summed E-state index contributed by atoms with van der Waals surface area (Å²) in [6.07, 6.45) is 2.64. The largest absolute Gasteiger partial charge is 0.303 e. The van der Waals surface area contributed by atoms with E-state index in [1.165, 1.54) is 0 Å². The molecule has 1 saturated carbocycles. The van der Waals surface area contributed by atoms with E-state index in [-0.39, 0.29) is 0 Å². The summed E-state index contributed by atoms with van der Waals surface area (Å²) in [6, 6.07) is 0. The molecular formula is C8H12F2O. The summed E-state index contributed by atoms with van der Waals surface area (Å²) >= 11 is 0. The van der Waals surface area contributed by atoms with Crippen LogP contribution in [0.2, 0.25) is 0 Å². The molecule has 1 nitrogen and oxygen atoms in total. The van der Waals surface area contributed by atoms with Crippen molar-refractivity contribution in [2.75, 3.05) is 0 Å². The fourth-order valence-corrected chi connectivity index (χ4v) is 1.67. The van der Waals surface area contributed by atoms with E-state index in [0.29, 0.717) is 19.1 Å². The minimum atomic E-state index is -2.84. The van der Waals surface area contributed by atoms with E-state index >= 15 is 0 Å². The Hall–Kier alpha value is -0.470. The van der Waals surface area contributed by atoms with Gasteiger partial charge in [-0.25, -0.2) is 8.78 Å². The van der Waals surface area contributed by atoms with Gasteiger partial charge in [0.1, 0.15) is 6.29 Å². The van der Waals surface area contributed by atoms with Gasteiger partial charge in [0.05, 0.1) is 5.41 Å². The standard InChI is InChI=1S/C8H12F2O/c1-7(9,10)8(6-11)4-2-3-5-8/h6H,2-5H2,1H3. The van der Waals surface area contributed by atoms with E-state index in [1.807, 2.05) is 0 Å². The molecule has 0 aromatic carbocycles. The van der Waals surface area contributed by atoms with Crippen molar-refractivity contribution >= 4 is 6.29 Å². The highest BCUT2D eigenvalue weighted by atomic mass is 19.3. The third kappa shape index (κ3) is 1.28. The minimum Gasteiger partial charge on any atom is -0.303 e. The molecule has 0 spiro atoms. The zero-order valence-corrected chi connectivity index (χ0v) is 6.57. The van der Waals surface area contributed by atoms with Crippen molar-refractivity contribution in [3.05, 3.63) is 0 Å². The normalized spacial score (nSPS) is 23.5. The topological polar surface area (TPSA) is 17.1 Å². The number of carbonyl (C=O) groups excluding carboxylic acids is 1. The van der Waals surface area contributed by atoms with Crippen LogP contribution in [-0.4, -0.2) is 12.2 Å². The zero-order chi connectivity index (χ0) is 8.54. The lowest BCUT2D eigenvalue weighted by atomic mass is 9.82. The fourth-order valence-electron chi connectivity index (χ4n) is 1.67. The number of hydrogen-bond acceptors (Lipinski definition) is 1. The van der Waals surface area contributed by atoms with Crippen molar-refractivity contribution in [1.82, 2.24) is 0 Å². The Bertz CT molecular complexity index is 154. The molecule has 11 heavy (non-hydrogen) atoms. The van der Waals surface area contributed by atoms with Gasteiger partial charge in [-0.05, 0) is 12.8 Å². The van der Waals surface area contributed by atoms with Gasteiger partial charge in [-0.3, -0.25) is 0 Å². The second-order valence-electron chi connectivity index (χ2n) is 3.37. The first-order valence-electron chi connectivity index (χ1n) is 3.86. The number of aldehydes is 1. The van der Waals surface area contributed by atoms with Crippen LogP contribution in [0.5, 0.6) is 0 Å². The van der Waals surface area contributed by atoms with Gasteiger partial charge in [-0.2, -0.15) is 0 Å². The molecule has 0 unspecified atom stereocenters. The van der Waals surface area contributed by atoms with Crippen LogP contribution in [-0.2, 0) is 4.79 Å². The van der Waals surface area contributed by atoms with Gasteiger partial charge in [0.15, 0.2) is 0 Å². The van der Waals surface area contributed by atoms with E-state index in [2.05, 4.69) is 0 Å². The van der Waals surface area contributed by atoms with E-state index < -0.39 is 11.3 Å². The highest BCUT2D eigenvalue weighted by Crippen LogP contribution is 2.47. The molecule has 3 heteroatoms. The summed E-state index contributed by atoms with van der Waals surface area (Å²) in [5.74, 6) is -2.84. The molecule has 0 heterocycles. The highest BCUT2D eigenvalue weighted by molar-refractivity contribution is 5.61. The molecule has 0 bridgehead atoms. The maximum atomic E-state index is 12.9. The quantitative estimate of drug-likeness (QED) is 0.570. The molecule has 0 N–H and O–H groups in total. The molecule has 0 aromatic rings. The fraction of sp³-hybridized carbons (Fsp3) is 0.875. The van der Waals surface area contributed by atoms with Crippen molar-refractivity contribution in [1.29, 1.82) is 0 Å². The van der Waals surface area contributed by atoms with Gasteiger partial charge in [0.2, 0.25) is 0 Å². The van der Waals surface area contributed by atoms with Crippen LogP contribution in [0, 0.1) is 5.41 Å². The van der Waals surface area contributed by atoms with Crippen molar-refractivity contribution in [3.8, 4) is 0 Å². The Balaban J connectivity index is 2.83. The van der Waals surface area contributed by atoms with Crippen molar-refractivity contribution < 1.29 is 13.6 Å². The molecule has 0 radical (unpaired) electrons. The molecule has 1 aliphatic carbocycles. The van der Waals surface area contributed by atoms with Gasteiger partial charge in [0, 0.05) is 6.92 Å². The Morgan fingerprint density at radius 1 is 1.36 bits per heavy atom. The first kappa shape index (κ1) is 8.62. The molecule has 0 atom stereocenters. The van der Waals surface area contributed by atoms with Crippen LogP contribution in [0.15, 0.2) is 0 Å². The second-order valence-corrected chi connectivity index (χ2v) is 3.37. The lowest BCUT2D eigenvalue weighted by Gasteiger charge is -2.28. The predicted octanol–water partition coefficient (Wildman–Crippen LogP) is 2.40. The predicted molar refractivity (Wildman–Crippen MR) is 37.6 cm³/mol. The van der Waals surface area contributed by atoms with Gasteiger partial charge in [-0.1, -0.05) is 12.8 Å². The number of hydrogen-bond donors (Lipinski definition) is 0. The summed E-state index contributed by atoms with van der Waals surface area (Å²) in [7, 11) is 0. The van der Waals surface area contributed by atoms with Crippen molar-refractivity contribution in [2.24, 2.45) is 5.41 Å². The number of halogens is 2. The van der Waals surface area contributed by atoms with Gasteiger partial charge in [0.25, 0.3) is 5.92 Å². The summed E-state index contributed by atoms with van der Waals surface area (Å²) in [5.41, 5.74) is -1.34. The Morgan fingerprint density at radius 2 is 1.82 bits per heavy atom. The minimum absolute atomic E-state index is 0.347. The Labute approximate surface area is 64.8 Å². The monoisotopic (exact) mass is 162 g/mol. The summed E-state index contributed by atoms with van der Waals surface area (Å²) in [6.45, 7) is 0.840. The molecule has 64 valence electrons. The third-order valence-electron chi connectivity index (χ3n) is 2.60. The zero-order valence-electron chi connectivity index (χ0n) is 6.57. The van der Waals surface area contributed by atoms with E-state index in [4.69, 9.17) is 0 Å². The van der Waals surface area contributed by atoms with E-state index in [1.54, 1.807) is 0 Å². The van der Waals surface area contributed by atoms with Crippen molar-refractivity contribution in [3.63, 3.8) is 0 Å². The van der Waals surface area contributed by atoms with E-state index in [0.717, 1.165) is 19.8 Å². The maximum absolute atomic E-state index is 12.9. The SMILES string of the molecule is CC(F)(F)C1(C=O)CCCC1. The summed E-state index contributed by atoms with van der Waals surface area (Å²) in [4.78, 5) is 10.5. The third-order valence-corrected chi connectivity index (χ3v) is 2.60. The number of carbonyl (C=O) groups is 1. The molecule has 0 aliphatic heterocycles. The summed E-state index contributed by atoms with van der Waals surface area (Å²) in [5, 5.41) is 0. The van der Waals surface area contributed by atoms with Crippen LogP contribution in [0.1, 0.15) is 32.6 Å². The van der Waals surface area contributed by atoms with Gasteiger partial charge < -0.3 is 4.79 Å². The van der Waals surface area contributed by atoms with E-state index in [9.17, 15) is 13.6 Å². The molecule has 0 saturated heterocycles. The van der Waals surface area contributed by atoms with Crippen LogP contribution in [0.25, 0.3) is 0 Å². The van der Waals surface area contributed by atoms with Crippen LogP contribution in [0.4, 0.5) is 8.78 Å². The smallest absolute Gasteiger partial charge is 0.257 e. The number of alkyl halides is 2. The molecule has 1 rings (SSSR count). The molecule has 0 amide bonds. The average molecular weight is 162 g/mol. The Morgan fingerprint density at radius 3 is 2.00 bits per heavy atom. The van der Waals surface area contributed by atoms with Crippen LogP contribution >= 0.6 is 0 Å². The van der Waals surface area contributed by atoms with Gasteiger partial charge >= 0.3 is 0 Å². The lowest BCUT2D eigenvalue weighted by molar-refractivity contribution is -0.141.